The minimum absolute atomic E-state index is 0.928. The number of benzene rings is 7. The number of hydrogen-bond acceptors (Lipinski definition) is 3. The van der Waals surface area contributed by atoms with Gasteiger partial charge in [-0.1, -0.05) is 152 Å². The summed E-state index contributed by atoms with van der Waals surface area (Å²) in [5.74, 6) is 0.928. The molecule has 0 atom stereocenters. The maximum atomic E-state index is 5.41. The second-order valence-corrected chi connectivity index (χ2v) is 14.0. The number of rotatable bonds is 6. The summed E-state index contributed by atoms with van der Waals surface area (Å²) in [6.07, 6.45) is 0. The standard InChI is InChI=1S/C48H31N3S/c1-5-15-33(16-6-1)43-44-45(34-17-7-2-8-18-34)49-40-30-29-37(31-39(40)47(44)52-46(43)35-19-9-3-10-20-35)32-25-27-36(28-26-32)48-50-41-23-13-14-24-42(41)51(48)38-21-11-4-12-22-38/h1-31H. The molecule has 0 N–H and O–H groups in total. The highest BCUT2D eigenvalue weighted by Gasteiger charge is 2.23. The fraction of sp³-hybridized carbons (Fsp3) is 0. The van der Waals surface area contributed by atoms with Gasteiger partial charge in [0.2, 0.25) is 0 Å². The molecule has 0 aliphatic heterocycles. The third-order valence-electron chi connectivity index (χ3n) is 9.82. The van der Waals surface area contributed by atoms with E-state index in [1.165, 1.54) is 31.7 Å². The molecular weight excluding hydrogens is 651 g/mol. The first-order chi connectivity index (χ1) is 25.8. The van der Waals surface area contributed by atoms with Crippen molar-refractivity contribution in [1.29, 1.82) is 0 Å². The molecule has 244 valence electrons. The van der Waals surface area contributed by atoms with Gasteiger partial charge in [-0.3, -0.25) is 4.57 Å². The number of nitrogens with zero attached hydrogens (tertiary/aromatic N) is 3. The van der Waals surface area contributed by atoms with E-state index in [0.29, 0.717) is 0 Å². The van der Waals surface area contributed by atoms with E-state index in [9.17, 15) is 0 Å². The molecule has 0 aliphatic rings. The molecule has 0 unspecified atom stereocenters. The van der Waals surface area contributed by atoms with Gasteiger partial charge >= 0.3 is 0 Å². The molecule has 3 nitrogen and oxygen atoms in total. The summed E-state index contributed by atoms with van der Waals surface area (Å²) in [5.41, 5.74) is 13.3. The molecule has 52 heavy (non-hydrogen) atoms. The van der Waals surface area contributed by atoms with Crippen LogP contribution in [0.5, 0.6) is 0 Å². The molecule has 7 aromatic carbocycles. The summed E-state index contributed by atoms with van der Waals surface area (Å²) in [7, 11) is 0. The van der Waals surface area contributed by atoms with Crippen molar-refractivity contribution in [1.82, 2.24) is 14.5 Å². The monoisotopic (exact) mass is 681 g/mol. The minimum Gasteiger partial charge on any atom is -0.292 e. The Kier molecular flexibility index (Phi) is 7.33. The van der Waals surface area contributed by atoms with Crippen LogP contribution in [0.25, 0.3) is 93.0 Å². The lowest BCUT2D eigenvalue weighted by molar-refractivity contribution is 1.10. The van der Waals surface area contributed by atoms with Gasteiger partial charge in [-0.25, -0.2) is 9.97 Å². The highest BCUT2D eigenvalue weighted by atomic mass is 32.1. The number of para-hydroxylation sites is 3. The largest absolute Gasteiger partial charge is 0.292 e. The van der Waals surface area contributed by atoms with E-state index in [1.807, 2.05) is 23.5 Å². The third kappa shape index (κ3) is 5.12. The molecule has 10 aromatic rings. The molecular formula is C48H31N3S. The second kappa shape index (κ2) is 12.6. The van der Waals surface area contributed by atoms with E-state index in [4.69, 9.17) is 9.97 Å². The van der Waals surface area contributed by atoms with Crippen molar-refractivity contribution in [3.8, 4) is 61.0 Å². The van der Waals surface area contributed by atoms with E-state index in [-0.39, 0.29) is 0 Å². The van der Waals surface area contributed by atoms with Gasteiger partial charge in [0.1, 0.15) is 5.82 Å². The fourth-order valence-corrected chi connectivity index (χ4v) is 8.72. The van der Waals surface area contributed by atoms with Crippen molar-refractivity contribution in [3.63, 3.8) is 0 Å². The topological polar surface area (TPSA) is 30.7 Å². The van der Waals surface area contributed by atoms with Crippen LogP contribution in [0.3, 0.4) is 0 Å². The van der Waals surface area contributed by atoms with Crippen LogP contribution < -0.4 is 0 Å². The van der Waals surface area contributed by atoms with Crippen molar-refractivity contribution in [2.45, 2.75) is 0 Å². The molecule has 4 heteroatoms. The normalized spacial score (nSPS) is 11.5. The first kappa shape index (κ1) is 30.2. The number of imidazole rings is 1. The van der Waals surface area contributed by atoms with E-state index in [2.05, 4.69) is 180 Å². The highest BCUT2D eigenvalue weighted by Crippen LogP contribution is 2.50. The summed E-state index contributed by atoms with van der Waals surface area (Å²) in [5, 5.41) is 2.35. The van der Waals surface area contributed by atoms with Crippen molar-refractivity contribution in [2.75, 3.05) is 0 Å². The van der Waals surface area contributed by atoms with Crippen LogP contribution in [0, 0.1) is 0 Å². The molecule has 0 saturated heterocycles. The zero-order valence-corrected chi connectivity index (χ0v) is 29.0. The Bertz CT molecular complexity index is 2860. The van der Waals surface area contributed by atoms with Crippen LogP contribution in [0.4, 0.5) is 0 Å². The molecule has 10 rings (SSSR count). The van der Waals surface area contributed by atoms with Crippen molar-refractivity contribution in [3.05, 3.63) is 188 Å². The van der Waals surface area contributed by atoms with Crippen LogP contribution in [-0.4, -0.2) is 14.5 Å². The molecule has 0 saturated carbocycles. The lowest BCUT2D eigenvalue weighted by Crippen LogP contribution is -1.97. The average molecular weight is 682 g/mol. The number of fused-ring (bicyclic) bond motifs is 4. The molecule has 0 spiro atoms. The van der Waals surface area contributed by atoms with Gasteiger partial charge in [-0.15, -0.1) is 11.3 Å². The lowest BCUT2D eigenvalue weighted by Gasteiger charge is -2.12. The minimum atomic E-state index is 0.928. The number of thiophene rings is 1. The molecule has 0 aliphatic carbocycles. The molecule has 3 heterocycles. The first-order valence-electron chi connectivity index (χ1n) is 17.5. The Morgan fingerprint density at radius 3 is 1.71 bits per heavy atom. The number of aromatic nitrogens is 3. The van der Waals surface area contributed by atoms with Crippen LogP contribution in [0.1, 0.15) is 0 Å². The van der Waals surface area contributed by atoms with Gasteiger partial charge in [0, 0.05) is 42.7 Å². The number of hydrogen-bond donors (Lipinski definition) is 0. The third-order valence-corrected chi connectivity index (χ3v) is 11.1. The lowest BCUT2D eigenvalue weighted by atomic mass is 9.94. The van der Waals surface area contributed by atoms with E-state index < -0.39 is 0 Å². The van der Waals surface area contributed by atoms with E-state index in [1.54, 1.807) is 0 Å². The Morgan fingerprint density at radius 1 is 0.423 bits per heavy atom. The summed E-state index contributed by atoms with van der Waals surface area (Å²) < 4.78 is 3.50. The predicted molar refractivity (Wildman–Crippen MR) is 219 cm³/mol. The van der Waals surface area contributed by atoms with Gasteiger partial charge in [0.15, 0.2) is 0 Å². The van der Waals surface area contributed by atoms with Gasteiger partial charge < -0.3 is 0 Å². The first-order valence-corrected chi connectivity index (χ1v) is 18.3. The molecule has 3 aromatic heterocycles. The van der Waals surface area contributed by atoms with Crippen molar-refractivity contribution >= 4 is 43.4 Å². The molecule has 0 amide bonds. The van der Waals surface area contributed by atoms with Crippen molar-refractivity contribution < 1.29 is 0 Å². The second-order valence-electron chi connectivity index (χ2n) is 13.0. The average Bonchev–Trinajstić information content (AvgIpc) is 3.82. The smallest absolute Gasteiger partial charge is 0.145 e. The fourth-order valence-electron chi connectivity index (χ4n) is 7.37. The van der Waals surface area contributed by atoms with Gasteiger partial charge in [-0.2, -0.15) is 0 Å². The predicted octanol–water partition coefficient (Wildman–Crippen LogP) is 13.1. The zero-order valence-electron chi connectivity index (χ0n) is 28.1. The van der Waals surface area contributed by atoms with E-state index in [0.717, 1.165) is 61.4 Å². The maximum absolute atomic E-state index is 5.41. The Morgan fingerprint density at radius 2 is 1.00 bits per heavy atom. The Labute approximate surface area is 305 Å². The van der Waals surface area contributed by atoms with Crippen molar-refractivity contribution in [2.24, 2.45) is 0 Å². The SMILES string of the molecule is c1ccc(-c2sc3c(c(-c4ccccc4)nc4ccc(-c5ccc(-c6nc7ccccc7n6-c6ccccc6)cc5)cc43)c2-c2ccccc2)cc1. The number of pyridine rings is 1. The summed E-state index contributed by atoms with van der Waals surface area (Å²) >= 11 is 1.86. The summed E-state index contributed by atoms with van der Waals surface area (Å²) in [4.78, 5) is 11.8. The van der Waals surface area contributed by atoms with E-state index >= 15 is 0 Å². The summed E-state index contributed by atoms with van der Waals surface area (Å²) in [6.45, 7) is 0. The van der Waals surface area contributed by atoms with Crippen LogP contribution in [-0.2, 0) is 0 Å². The molecule has 0 radical (unpaired) electrons. The Balaban J connectivity index is 1.16. The highest BCUT2D eigenvalue weighted by molar-refractivity contribution is 7.24. The Hall–Kier alpha value is -6.62. The summed E-state index contributed by atoms with van der Waals surface area (Å²) in [6, 6.07) is 66.5. The van der Waals surface area contributed by atoms with Crippen LogP contribution in [0.2, 0.25) is 0 Å². The molecule has 0 bridgehead atoms. The maximum Gasteiger partial charge on any atom is 0.145 e. The molecule has 0 fully saturated rings. The van der Waals surface area contributed by atoms with Gasteiger partial charge in [0.05, 0.1) is 22.2 Å². The van der Waals surface area contributed by atoms with Crippen LogP contribution >= 0.6 is 11.3 Å². The quantitative estimate of drug-likeness (QED) is 0.175. The zero-order chi connectivity index (χ0) is 34.4. The van der Waals surface area contributed by atoms with Crippen LogP contribution in [0.15, 0.2) is 188 Å². The van der Waals surface area contributed by atoms with Gasteiger partial charge in [0.25, 0.3) is 0 Å². The van der Waals surface area contributed by atoms with Gasteiger partial charge in [-0.05, 0) is 58.7 Å².